The molecule has 0 aliphatic heterocycles. The average Bonchev–Trinajstić information content (AvgIpc) is 2.56. The van der Waals surface area contributed by atoms with Gasteiger partial charge in [0, 0.05) is 0 Å². The van der Waals surface area contributed by atoms with Crippen LogP contribution in [0.5, 0.6) is 5.75 Å². The Balaban J connectivity index is 1.99. The van der Waals surface area contributed by atoms with Gasteiger partial charge in [0.05, 0.1) is 16.8 Å². The van der Waals surface area contributed by atoms with Crippen LogP contribution in [0.2, 0.25) is 5.02 Å². The van der Waals surface area contributed by atoms with Gasteiger partial charge in [0.1, 0.15) is 12.4 Å². The summed E-state index contributed by atoms with van der Waals surface area (Å²) in [6.07, 6.45) is 0. The minimum atomic E-state index is -1.47. The minimum absolute atomic E-state index is 0.325. The number of anilines is 1. The van der Waals surface area contributed by atoms with Gasteiger partial charge >= 0.3 is 0 Å². The zero-order valence-corrected chi connectivity index (χ0v) is 13.7. The SMILES string of the molecule is Cc1cccc(OCC(=O)C(C#N)C(=O)Nc2ccccc2Cl)c1. The molecular formula is C18H15ClN2O3. The number of aryl methyl sites for hydroxylation is 1. The molecule has 2 aromatic carbocycles. The number of para-hydroxylation sites is 1. The summed E-state index contributed by atoms with van der Waals surface area (Å²) in [5.74, 6) is -2.32. The number of hydrogen-bond donors (Lipinski definition) is 1. The van der Waals surface area contributed by atoms with Crippen molar-refractivity contribution in [3.8, 4) is 11.8 Å². The first-order valence-corrected chi connectivity index (χ1v) is 7.56. The van der Waals surface area contributed by atoms with Gasteiger partial charge in [0.2, 0.25) is 5.91 Å². The molecule has 1 unspecified atom stereocenters. The van der Waals surface area contributed by atoms with Crippen LogP contribution >= 0.6 is 11.6 Å². The molecule has 0 aromatic heterocycles. The maximum atomic E-state index is 12.1. The van der Waals surface area contributed by atoms with Crippen LogP contribution in [-0.4, -0.2) is 18.3 Å². The minimum Gasteiger partial charge on any atom is -0.486 e. The Morgan fingerprint density at radius 3 is 2.67 bits per heavy atom. The molecule has 0 bridgehead atoms. The highest BCUT2D eigenvalue weighted by Gasteiger charge is 2.27. The third-order valence-corrected chi connectivity index (χ3v) is 3.55. The van der Waals surface area contributed by atoms with Gasteiger partial charge in [-0.25, -0.2) is 0 Å². The van der Waals surface area contributed by atoms with E-state index in [4.69, 9.17) is 21.6 Å². The van der Waals surface area contributed by atoms with Crippen LogP contribution in [0, 0.1) is 24.2 Å². The highest BCUT2D eigenvalue weighted by atomic mass is 35.5. The molecular weight excluding hydrogens is 328 g/mol. The third-order valence-electron chi connectivity index (χ3n) is 3.22. The Labute approximate surface area is 144 Å². The number of carbonyl (C=O) groups excluding carboxylic acids is 2. The van der Waals surface area contributed by atoms with Crippen molar-refractivity contribution in [2.75, 3.05) is 11.9 Å². The van der Waals surface area contributed by atoms with Crippen LogP contribution in [0.4, 0.5) is 5.69 Å². The van der Waals surface area contributed by atoms with Crippen LogP contribution in [0.1, 0.15) is 5.56 Å². The molecule has 6 heteroatoms. The molecule has 2 rings (SSSR count). The topological polar surface area (TPSA) is 79.2 Å². The number of nitrogens with zero attached hydrogens (tertiary/aromatic N) is 1. The fourth-order valence-electron chi connectivity index (χ4n) is 1.99. The lowest BCUT2D eigenvalue weighted by Gasteiger charge is -2.11. The maximum Gasteiger partial charge on any atom is 0.249 e. The summed E-state index contributed by atoms with van der Waals surface area (Å²) in [5, 5.41) is 11.9. The molecule has 0 saturated heterocycles. The van der Waals surface area contributed by atoms with Gasteiger partial charge in [0.25, 0.3) is 0 Å². The first-order valence-electron chi connectivity index (χ1n) is 7.18. The Kier molecular flexibility index (Phi) is 5.94. The number of Topliss-reactive ketones (excluding diaryl/α,β-unsaturated/α-hetero) is 1. The molecule has 5 nitrogen and oxygen atoms in total. The summed E-state index contributed by atoms with van der Waals surface area (Å²) in [4.78, 5) is 24.2. The van der Waals surface area contributed by atoms with Gasteiger partial charge < -0.3 is 10.1 Å². The molecule has 0 heterocycles. The monoisotopic (exact) mass is 342 g/mol. The largest absolute Gasteiger partial charge is 0.486 e. The number of ether oxygens (including phenoxy) is 1. The number of carbonyl (C=O) groups is 2. The quantitative estimate of drug-likeness (QED) is 0.816. The second-order valence-electron chi connectivity index (χ2n) is 5.10. The zero-order valence-electron chi connectivity index (χ0n) is 13.0. The van der Waals surface area contributed by atoms with E-state index in [9.17, 15) is 9.59 Å². The van der Waals surface area contributed by atoms with Gasteiger partial charge in [0.15, 0.2) is 11.7 Å². The lowest BCUT2D eigenvalue weighted by atomic mass is 10.1. The number of nitriles is 1. The summed E-state index contributed by atoms with van der Waals surface area (Å²) >= 11 is 5.94. The Bertz CT molecular complexity index is 799. The lowest BCUT2D eigenvalue weighted by Crippen LogP contribution is -2.32. The smallest absolute Gasteiger partial charge is 0.249 e. The van der Waals surface area contributed by atoms with Gasteiger partial charge in [-0.2, -0.15) is 5.26 Å². The second kappa shape index (κ2) is 8.14. The molecule has 2 aromatic rings. The standard InChI is InChI=1S/C18H15ClN2O3/c1-12-5-4-6-13(9-12)24-11-17(22)14(10-20)18(23)21-16-8-3-2-7-15(16)19/h2-9,14H,11H2,1H3,(H,21,23). The van der Waals surface area contributed by atoms with Crippen LogP contribution in [0.25, 0.3) is 0 Å². The predicted octanol–water partition coefficient (Wildman–Crippen LogP) is 3.37. The number of rotatable bonds is 6. The molecule has 0 radical (unpaired) electrons. The number of benzene rings is 2. The van der Waals surface area contributed by atoms with Crippen LogP contribution in [-0.2, 0) is 9.59 Å². The molecule has 0 spiro atoms. The Morgan fingerprint density at radius 1 is 1.25 bits per heavy atom. The molecule has 0 aliphatic carbocycles. The van der Waals surface area contributed by atoms with Gasteiger partial charge in [-0.05, 0) is 36.8 Å². The highest BCUT2D eigenvalue weighted by Crippen LogP contribution is 2.21. The molecule has 122 valence electrons. The summed E-state index contributed by atoms with van der Waals surface area (Å²) in [6.45, 7) is 1.53. The molecule has 1 atom stereocenters. The summed E-state index contributed by atoms with van der Waals surface area (Å²) in [5.41, 5.74) is 1.32. The highest BCUT2D eigenvalue weighted by molar-refractivity contribution is 6.33. The molecule has 1 N–H and O–H groups in total. The first kappa shape index (κ1) is 17.5. The van der Waals surface area contributed by atoms with E-state index in [0.717, 1.165) is 5.56 Å². The normalized spacial score (nSPS) is 11.2. The van der Waals surface area contributed by atoms with E-state index in [0.29, 0.717) is 16.5 Å². The van der Waals surface area contributed by atoms with E-state index in [2.05, 4.69) is 5.32 Å². The average molecular weight is 343 g/mol. The number of hydrogen-bond acceptors (Lipinski definition) is 4. The second-order valence-corrected chi connectivity index (χ2v) is 5.51. The number of ketones is 1. The third kappa shape index (κ3) is 4.58. The van der Waals surface area contributed by atoms with E-state index in [1.807, 2.05) is 13.0 Å². The summed E-state index contributed by atoms with van der Waals surface area (Å²) < 4.78 is 5.35. The van der Waals surface area contributed by atoms with Crippen LogP contribution < -0.4 is 10.1 Å². The fraction of sp³-hybridized carbons (Fsp3) is 0.167. The van der Waals surface area contributed by atoms with Crippen molar-refractivity contribution in [1.29, 1.82) is 5.26 Å². The molecule has 0 saturated carbocycles. The van der Waals surface area contributed by atoms with Gasteiger partial charge in [-0.1, -0.05) is 35.9 Å². The molecule has 0 aliphatic rings. The van der Waals surface area contributed by atoms with Crippen molar-refractivity contribution < 1.29 is 14.3 Å². The van der Waals surface area contributed by atoms with Crippen molar-refractivity contribution in [2.45, 2.75) is 6.92 Å². The van der Waals surface area contributed by atoms with E-state index >= 15 is 0 Å². The summed E-state index contributed by atoms with van der Waals surface area (Å²) in [6, 6.07) is 15.4. The van der Waals surface area contributed by atoms with Crippen LogP contribution in [0.3, 0.4) is 0 Å². The van der Waals surface area contributed by atoms with E-state index in [-0.39, 0.29) is 6.61 Å². The zero-order chi connectivity index (χ0) is 17.5. The van der Waals surface area contributed by atoms with Crippen molar-refractivity contribution in [3.63, 3.8) is 0 Å². The molecule has 0 fully saturated rings. The maximum absolute atomic E-state index is 12.1. The van der Waals surface area contributed by atoms with E-state index in [1.165, 1.54) is 0 Å². The van der Waals surface area contributed by atoms with Gasteiger partial charge in [-0.3, -0.25) is 9.59 Å². The van der Waals surface area contributed by atoms with E-state index in [1.54, 1.807) is 48.5 Å². The lowest BCUT2D eigenvalue weighted by molar-refractivity contribution is -0.130. The Hall–Kier alpha value is -2.84. The fourth-order valence-corrected chi connectivity index (χ4v) is 2.17. The van der Waals surface area contributed by atoms with Crippen molar-refractivity contribution in [1.82, 2.24) is 0 Å². The van der Waals surface area contributed by atoms with Crippen molar-refractivity contribution in [2.24, 2.45) is 5.92 Å². The molecule has 24 heavy (non-hydrogen) atoms. The number of nitrogens with one attached hydrogen (secondary N) is 1. The van der Waals surface area contributed by atoms with E-state index < -0.39 is 17.6 Å². The number of amides is 1. The Morgan fingerprint density at radius 2 is 2.00 bits per heavy atom. The predicted molar refractivity (Wildman–Crippen MR) is 90.9 cm³/mol. The summed E-state index contributed by atoms with van der Waals surface area (Å²) in [7, 11) is 0. The molecule has 1 amide bonds. The van der Waals surface area contributed by atoms with Crippen molar-refractivity contribution >= 4 is 29.0 Å². The van der Waals surface area contributed by atoms with Crippen molar-refractivity contribution in [3.05, 3.63) is 59.1 Å². The first-order chi connectivity index (χ1) is 11.5. The van der Waals surface area contributed by atoms with Crippen LogP contribution in [0.15, 0.2) is 48.5 Å². The number of halogens is 1. The van der Waals surface area contributed by atoms with Gasteiger partial charge in [-0.15, -0.1) is 0 Å².